The molecule has 1 atom stereocenters. The first-order chi connectivity index (χ1) is 9.54. The van der Waals surface area contributed by atoms with Crippen LogP contribution >= 0.6 is 39.9 Å². The van der Waals surface area contributed by atoms with E-state index in [1.54, 1.807) is 0 Å². The highest BCUT2D eigenvalue weighted by molar-refractivity contribution is 14.0. The number of nitrogens with zero attached hydrogens (tertiary/aromatic N) is 2. The fourth-order valence-electron chi connectivity index (χ4n) is 2.44. The number of guanidine groups is 1. The molecule has 1 aliphatic heterocycles. The molecule has 0 saturated carbocycles. The summed E-state index contributed by atoms with van der Waals surface area (Å²) in [7, 11) is 0. The average molecular weight is 467 g/mol. The highest BCUT2D eigenvalue weighted by Crippen LogP contribution is 2.25. The number of hydrogen-bond donors (Lipinski definition) is 2. The molecule has 3 N–H and O–H groups in total. The molecule has 0 bridgehead atoms. The molecule has 1 unspecified atom stereocenters. The third-order valence-corrected chi connectivity index (χ3v) is 3.96. The second kappa shape index (κ2) is 8.82. The number of halogens is 2. The fourth-order valence-corrected chi connectivity index (χ4v) is 2.70. The van der Waals surface area contributed by atoms with Crippen LogP contribution < -0.4 is 16.0 Å². The van der Waals surface area contributed by atoms with E-state index in [4.69, 9.17) is 5.73 Å². The molecular formula is C15H24BrIN4. The Hall–Kier alpha value is -0.500. The molecule has 1 aromatic carbocycles. The van der Waals surface area contributed by atoms with E-state index in [0.29, 0.717) is 17.9 Å². The lowest BCUT2D eigenvalue weighted by Gasteiger charge is -2.18. The Morgan fingerprint density at radius 1 is 1.43 bits per heavy atom. The van der Waals surface area contributed by atoms with Crippen LogP contribution in [0, 0.1) is 5.92 Å². The van der Waals surface area contributed by atoms with E-state index in [9.17, 15) is 0 Å². The van der Waals surface area contributed by atoms with Crippen molar-refractivity contribution in [3.05, 3.63) is 28.7 Å². The minimum absolute atomic E-state index is 0. The molecule has 1 aliphatic rings. The summed E-state index contributed by atoms with van der Waals surface area (Å²) in [5.41, 5.74) is 7.12. The quantitative estimate of drug-likeness (QED) is 0.407. The monoisotopic (exact) mass is 466 g/mol. The Morgan fingerprint density at radius 3 is 2.71 bits per heavy atom. The minimum Gasteiger partial charge on any atom is -0.371 e. The zero-order valence-corrected chi connectivity index (χ0v) is 16.5. The second-order valence-electron chi connectivity index (χ2n) is 5.60. The smallest absolute Gasteiger partial charge is 0.188 e. The Labute approximate surface area is 152 Å². The van der Waals surface area contributed by atoms with Gasteiger partial charge in [-0.15, -0.1) is 24.0 Å². The maximum atomic E-state index is 5.84. The molecule has 1 fully saturated rings. The van der Waals surface area contributed by atoms with Crippen molar-refractivity contribution in [3.8, 4) is 0 Å². The highest BCUT2D eigenvalue weighted by atomic mass is 127. The maximum absolute atomic E-state index is 5.84. The molecule has 4 nitrogen and oxygen atoms in total. The van der Waals surface area contributed by atoms with E-state index in [-0.39, 0.29) is 24.0 Å². The molecule has 0 radical (unpaired) electrons. The number of nitrogens with one attached hydrogen (secondary N) is 1. The van der Waals surface area contributed by atoms with Gasteiger partial charge in [0.1, 0.15) is 0 Å². The zero-order valence-electron chi connectivity index (χ0n) is 12.6. The molecule has 0 amide bonds. The summed E-state index contributed by atoms with van der Waals surface area (Å²) in [4.78, 5) is 6.85. The van der Waals surface area contributed by atoms with Gasteiger partial charge in [0.25, 0.3) is 0 Å². The third-order valence-electron chi connectivity index (χ3n) is 3.43. The fraction of sp³-hybridized carbons (Fsp3) is 0.533. The SMILES string of the molecule is CC(C)NC(N)=NCC1CCN(c2ccc(Br)cc2)C1.I. The third kappa shape index (κ3) is 6.02. The molecule has 1 saturated heterocycles. The van der Waals surface area contributed by atoms with Gasteiger partial charge in [0.15, 0.2) is 5.96 Å². The lowest BCUT2D eigenvalue weighted by molar-refractivity contribution is 0.599. The van der Waals surface area contributed by atoms with Gasteiger partial charge in [-0.2, -0.15) is 0 Å². The van der Waals surface area contributed by atoms with Crippen LogP contribution in [0.1, 0.15) is 20.3 Å². The Bertz CT molecular complexity index is 461. The van der Waals surface area contributed by atoms with Crippen molar-refractivity contribution in [2.75, 3.05) is 24.5 Å². The number of rotatable bonds is 4. The van der Waals surface area contributed by atoms with Gasteiger partial charge in [0, 0.05) is 35.8 Å². The largest absolute Gasteiger partial charge is 0.371 e. The highest BCUT2D eigenvalue weighted by Gasteiger charge is 2.22. The van der Waals surface area contributed by atoms with Crippen molar-refractivity contribution < 1.29 is 0 Å². The van der Waals surface area contributed by atoms with Gasteiger partial charge in [-0.05, 0) is 50.5 Å². The maximum Gasteiger partial charge on any atom is 0.188 e. The average Bonchev–Trinajstić information content (AvgIpc) is 2.85. The van der Waals surface area contributed by atoms with Gasteiger partial charge >= 0.3 is 0 Å². The van der Waals surface area contributed by atoms with Gasteiger partial charge in [-0.1, -0.05) is 15.9 Å². The topological polar surface area (TPSA) is 53.6 Å². The van der Waals surface area contributed by atoms with Crippen molar-refractivity contribution in [3.63, 3.8) is 0 Å². The zero-order chi connectivity index (χ0) is 14.5. The predicted molar refractivity (Wildman–Crippen MR) is 105 cm³/mol. The summed E-state index contributed by atoms with van der Waals surface area (Å²) in [6, 6.07) is 8.83. The molecule has 1 aromatic rings. The van der Waals surface area contributed by atoms with Crippen molar-refractivity contribution in [1.29, 1.82) is 0 Å². The van der Waals surface area contributed by atoms with Crippen LogP contribution in [-0.4, -0.2) is 31.6 Å². The van der Waals surface area contributed by atoms with E-state index in [1.165, 1.54) is 12.1 Å². The Balaban J connectivity index is 0.00000220. The number of hydrogen-bond acceptors (Lipinski definition) is 2. The van der Waals surface area contributed by atoms with Crippen molar-refractivity contribution in [1.82, 2.24) is 5.32 Å². The van der Waals surface area contributed by atoms with E-state index in [2.05, 4.69) is 69.3 Å². The first-order valence-electron chi connectivity index (χ1n) is 7.11. The van der Waals surface area contributed by atoms with E-state index >= 15 is 0 Å². The molecule has 2 rings (SSSR count). The standard InChI is InChI=1S/C15H23BrN4.HI/c1-11(2)19-15(17)18-9-12-7-8-20(10-12)14-5-3-13(16)4-6-14;/h3-6,11-12H,7-10H2,1-2H3,(H3,17,18,19);1H. The summed E-state index contributed by atoms with van der Waals surface area (Å²) in [6.45, 7) is 7.08. The summed E-state index contributed by atoms with van der Waals surface area (Å²) in [6.07, 6.45) is 1.18. The van der Waals surface area contributed by atoms with Crippen molar-refractivity contribution in [2.45, 2.75) is 26.3 Å². The van der Waals surface area contributed by atoms with Crippen LogP contribution in [0.25, 0.3) is 0 Å². The number of anilines is 1. The van der Waals surface area contributed by atoms with Crippen molar-refractivity contribution >= 4 is 51.6 Å². The second-order valence-corrected chi connectivity index (χ2v) is 6.52. The van der Waals surface area contributed by atoms with Gasteiger partial charge in [0.2, 0.25) is 0 Å². The summed E-state index contributed by atoms with van der Waals surface area (Å²) >= 11 is 3.47. The van der Waals surface area contributed by atoms with Gasteiger partial charge in [-0.25, -0.2) is 0 Å². The first-order valence-corrected chi connectivity index (χ1v) is 7.91. The van der Waals surface area contributed by atoms with Crippen LogP contribution in [-0.2, 0) is 0 Å². The molecule has 0 spiro atoms. The van der Waals surface area contributed by atoms with Gasteiger partial charge < -0.3 is 16.0 Å². The Morgan fingerprint density at radius 2 is 2.10 bits per heavy atom. The molecule has 1 heterocycles. The van der Waals surface area contributed by atoms with E-state index < -0.39 is 0 Å². The first kappa shape index (κ1) is 18.5. The normalized spacial score (nSPS) is 18.8. The summed E-state index contributed by atoms with van der Waals surface area (Å²) < 4.78 is 1.12. The lowest BCUT2D eigenvalue weighted by atomic mass is 10.1. The molecule has 21 heavy (non-hydrogen) atoms. The molecular weight excluding hydrogens is 443 g/mol. The van der Waals surface area contributed by atoms with Crippen LogP contribution in [0.4, 0.5) is 5.69 Å². The molecule has 118 valence electrons. The molecule has 0 aromatic heterocycles. The van der Waals surface area contributed by atoms with Gasteiger partial charge in [0.05, 0.1) is 0 Å². The lowest BCUT2D eigenvalue weighted by Crippen LogP contribution is -2.37. The van der Waals surface area contributed by atoms with Crippen molar-refractivity contribution in [2.24, 2.45) is 16.6 Å². The van der Waals surface area contributed by atoms with Crippen LogP contribution in [0.2, 0.25) is 0 Å². The molecule has 0 aliphatic carbocycles. The Kier molecular flexibility index (Phi) is 7.79. The van der Waals surface area contributed by atoms with E-state index in [1.807, 2.05) is 0 Å². The summed E-state index contributed by atoms with van der Waals surface area (Å²) in [5, 5.41) is 3.12. The molecule has 6 heteroatoms. The number of nitrogens with two attached hydrogens (primary N) is 1. The van der Waals surface area contributed by atoms with E-state index in [0.717, 1.165) is 24.1 Å². The minimum atomic E-state index is 0. The number of benzene rings is 1. The van der Waals surface area contributed by atoms with Crippen LogP contribution in [0.3, 0.4) is 0 Å². The van der Waals surface area contributed by atoms with Crippen LogP contribution in [0.15, 0.2) is 33.7 Å². The summed E-state index contributed by atoms with van der Waals surface area (Å²) in [5.74, 6) is 1.15. The predicted octanol–water partition coefficient (Wildman–Crippen LogP) is 3.21. The number of aliphatic imine (C=N–C) groups is 1. The van der Waals surface area contributed by atoms with Gasteiger partial charge in [-0.3, -0.25) is 4.99 Å². The van der Waals surface area contributed by atoms with Crippen LogP contribution in [0.5, 0.6) is 0 Å².